The van der Waals surface area contributed by atoms with E-state index < -0.39 is 13.2 Å². The minimum absolute atomic E-state index is 0.0966. The van der Waals surface area contributed by atoms with Crippen molar-refractivity contribution in [2.75, 3.05) is 0 Å². The summed E-state index contributed by atoms with van der Waals surface area (Å²) < 4.78 is 24.3. The lowest BCUT2D eigenvalue weighted by molar-refractivity contribution is 0.0684. The maximum atomic E-state index is 12.9. The lowest BCUT2D eigenvalue weighted by atomic mass is 9.98. The van der Waals surface area contributed by atoms with Crippen LogP contribution in [0.15, 0.2) is 0 Å². The molecular formula is C15H24NO4P. The van der Waals surface area contributed by atoms with E-state index in [-0.39, 0.29) is 12.2 Å². The summed E-state index contributed by atoms with van der Waals surface area (Å²) in [6.45, 7) is 0. The molecule has 4 saturated carbocycles. The molecule has 4 bridgehead atoms. The molecule has 0 heterocycles. The van der Waals surface area contributed by atoms with Crippen molar-refractivity contribution >= 4 is 13.2 Å². The van der Waals surface area contributed by atoms with Crippen LogP contribution in [0.4, 0.5) is 4.79 Å². The monoisotopic (exact) mass is 313 g/mol. The van der Waals surface area contributed by atoms with Crippen LogP contribution in [-0.2, 0) is 13.6 Å². The zero-order chi connectivity index (χ0) is 14.6. The molecule has 6 unspecified atom stereocenters. The third kappa shape index (κ3) is 2.47. The quantitative estimate of drug-likeness (QED) is 0.785. The molecule has 0 aromatic rings. The number of rotatable bonds is 5. The van der Waals surface area contributed by atoms with Gasteiger partial charge in [-0.1, -0.05) is 0 Å². The average molecular weight is 313 g/mol. The third-order valence-corrected chi connectivity index (χ3v) is 7.80. The summed E-state index contributed by atoms with van der Waals surface area (Å²) in [5.74, 6) is 2.21. The van der Waals surface area contributed by atoms with E-state index in [0.717, 1.165) is 38.5 Å². The molecule has 0 aromatic heterocycles. The van der Waals surface area contributed by atoms with Gasteiger partial charge in [0, 0.05) is 0 Å². The number of primary amides is 1. The van der Waals surface area contributed by atoms with E-state index in [1.807, 2.05) is 0 Å². The summed E-state index contributed by atoms with van der Waals surface area (Å²) in [7, 11) is -3.81. The zero-order valence-electron chi connectivity index (χ0n) is 12.3. The smallest absolute Gasteiger partial charge is 0.359 e. The van der Waals surface area contributed by atoms with Crippen LogP contribution in [-0.4, -0.2) is 17.9 Å². The van der Waals surface area contributed by atoms with Gasteiger partial charge in [-0.2, -0.15) is 0 Å². The van der Waals surface area contributed by atoms with E-state index in [1.165, 1.54) is 12.8 Å². The van der Waals surface area contributed by atoms with Crippen LogP contribution in [0.1, 0.15) is 51.4 Å². The van der Waals surface area contributed by atoms with Crippen molar-refractivity contribution in [2.24, 2.45) is 29.4 Å². The minimum atomic E-state index is -3.81. The van der Waals surface area contributed by atoms with Crippen molar-refractivity contribution in [1.82, 2.24) is 0 Å². The molecule has 4 fully saturated rings. The largest absolute Gasteiger partial charge is 0.418 e. The zero-order valence-corrected chi connectivity index (χ0v) is 13.2. The second-order valence-electron chi connectivity index (χ2n) is 7.47. The lowest BCUT2D eigenvalue weighted by Gasteiger charge is -2.29. The summed E-state index contributed by atoms with van der Waals surface area (Å²) in [5, 5.41) is 0. The molecule has 118 valence electrons. The van der Waals surface area contributed by atoms with Gasteiger partial charge in [0.05, 0.1) is 12.2 Å². The van der Waals surface area contributed by atoms with Gasteiger partial charge in [0.1, 0.15) is 0 Å². The molecule has 0 aromatic carbocycles. The predicted molar refractivity (Wildman–Crippen MR) is 77.8 cm³/mol. The molecule has 0 aliphatic heterocycles. The molecule has 0 spiro atoms. The molecule has 4 aliphatic carbocycles. The maximum absolute atomic E-state index is 12.9. The number of carbonyl (C=O) groups excluding carboxylic acids is 1. The first-order valence-corrected chi connectivity index (χ1v) is 9.84. The highest BCUT2D eigenvalue weighted by Gasteiger charge is 2.49. The first kappa shape index (κ1) is 14.2. The fraction of sp³-hybridized carbons (Fsp3) is 0.933. The van der Waals surface area contributed by atoms with Crippen molar-refractivity contribution in [2.45, 2.75) is 63.6 Å². The average Bonchev–Trinajstić information content (AvgIpc) is 3.18. The van der Waals surface area contributed by atoms with Crippen LogP contribution in [0.5, 0.6) is 0 Å². The van der Waals surface area contributed by atoms with Crippen molar-refractivity contribution in [3.8, 4) is 0 Å². The fourth-order valence-corrected chi connectivity index (χ4v) is 6.60. The Labute approximate surface area is 125 Å². The second kappa shape index (κ2) is 5.07. The molecule has 4 rings (SSSR count). The van der Waals surface area contributed by atoms with Gasteiger partial charge in [0.2, 0.25) is 0 Å². The van der Waals surface area contributed by atoms with Crippen LogP contribution in [0.2, 0.25) is 0 Å². The molecule has 0 radical (unpaired) electrons. The van der Waals surface area contributed by atoms with Crippen LogP contribution in [0, 0.1) is 23.7 Å². The minimum Gasteiger partial charge on any atom is -0.359 e. The molecule has 21 heavy (non-hydrogen) atoms. The van der Waals surface area contributed by atoms with Crippen LogP contribution in [0.3, 0.4) is 0 Å². The summed E-state index contributed by atoms with van der Waals surface area (Å²) >= 11 is 0. The Bertz CT molecular complexity index is 462. The Kier molecular flexibility index (Phi) is 3.44. The van der Waals surface area contributed by atoms with Crippen molar-refractivity contribution in [1.29, 1.82) is 0 Å². The second-order valence-corrected chi connectivity index (χ2v) is 9.33. The topological polar surface area (TPSA) is 78.6 Å². The maximum Gasteiger partial charge on any atom is 0.418 e. The number of fused-ring (bicyclic) bond motifs is 4. The van der Waals surface area contributed by atoms with Gasteiger partial charge in [0.25, 0.3) is 0 Å². The van der Waals surface area contributed by atoms with E-state index in [1.54, 1.807) is 0 Å². The number of hydrogen-bond donors (Lipinski definition) is 1. The van der Waals surface area contributed by atoms with Crippen LogP contribution >= 0.6 is 7.60 Å². The molecule has 2 N–H and O–H groups in total. The van der Waals surface area contributed by atoms with Crippen LogP contribution in [0.25, 0.3) is 0 Å². The lowest BCUT2D eigenvalue weighted by Crippen LogP contribution is -2.28. The Morgan fingerprint density at radius 1 is 0.857 bits per heavy atom. The highest BCUT2D eigenvalue weighted by molar-refractivity contribution is 7.71. The van der Waals surface area contributed by atoms with E-state index in [4.69, 9.17) is 14.8 Å². The molecule has 6 atom stereocenters. The SMILES string of the molecule is NC(=O)P(=O)(OC1CC2CCC1C2)OC1CC2CCC1C2. The molecule has 6 heteroatoms. The Morgan fingerprint density at radius 2 is 1.33 bits per heavy atom. The molecule has 1 amide bonds. The number of amides is 1. The fourth-order valence-electron chi connectivity index (χ4n) is 5.12. The summed E-state index contributed by atoms with van der Waals surface area (Å²) in [5.41, 5.74) is 4.46. The Morgan fingerprint density at radius 3 is 1.62 bits per heavy atom. The third-order valence-electron chi connectivity index (χ3n) is 6.16. The van der Waals surface area contributed by atoms with Gasteiger partial charge >= 0.3 is 13.2 Å². The van der Waals surface area contributed by atoms with Crippen molar-refractivity contribution < 1.29 is 18.4 Å². The Balaban J connectivity index is 1.45. The van der Waals surface area contributed by atoms with E-state index in [0.29, 0.717) is 23.7 Å². The number of nitrogens with two attached hydrogens (primary N) is 1. The van der Waals surface area contributed by atoms with E-state index in [9.17, 15) is 9.36 Å². The first-order valence-electron chi connectivity index (χ1n) is 8.30. The first-order chi connectivity index (χ1) is 10.0. The van der Waals surface area contributed by atoms with Gasteiger partial charge in [-0.15, -0.1) is 0 Å². The van der Waals surface area contributed by atoms with Crippen molar-refractivity contribution in [3.05, 3.63) is 0 Å². The van der Waals surface area contributed by atoms with E-state index in [2.05, 4.69) is 0 Å². The summed E-state index contributed by atoms with van der Waals surface area (Å²) in [6.07, 6.45) is 8.59. The summed E-state index contributed by atoms with van der Waals surface area (Å²) in [4.78, 5) is 11.7. The van der Waals surface area contributed by atoms with Gasteiger partial charge < -0.3 is 5.73 Å². The highest BCUT2D eigenvalue weighted by atomic mass is 31.2. The standard InChI is InChI=1S/C15H24NO4P/c16-15(17)21(18,19-13-7-9-1-3-11(13)5-9)20-14-8-10-2-4-12(14)6-10/h9-14H,1-8H2,(H2,16,17). The molecular weight excluding hydrogens is 289 g/mol. The molecule has 0 saturated heterocycles. The van der Waals surface area contributed by atoms with E-state index >= 15 is 0 Å². The summed E-state index contributed by atoms with van der Waals surface area (Å²) in [6, 6.07) is 0. The number of hydrogen-bond acceptors (Lipinski definition) is 4. The number of carbonyl (C=O) groups is 1. The normalized spacial score (nSPS) is 46.9. The van der Waals surface area contributed by atoms with Crippen molar-refractivity contribution in [3.63, 3.8) is 0 Å². The predicted octanol–water partition coefficient (Wildman–Crippen LogP) is 3.67. The highest BCUT2D eigenvalue weighted by Crippen LogP contribution is 2.59. The molecule has 5 nitrogen and oxygen atoms in total. The van der Waals surface area contributed by atoms with Crippen LogP contribution < -0.4 is 5.73 Å². The van der Waals surface area contributed by atoms with Gasteiger partial charge in [-0.05, 0) is 75.0 Å². The van der Waals surface area contributed by atoms with Gasteiger partial charge in [-0.3, -0.25) is 13.8 Å². The molecule has 4 aliphatic rings. The van der Waals surface area contributed by atoms with Gasteiger partial charge in [-0.25, -0.2) is 4.57 Å². The Hall–Kier alpha value is -0.380. The van der Waals surface area contributed by atoms with Gasteiger partial charge in [0.15, 0.2) is 0 Å².